The van der Waals surface area contributed by atoms with Crippen LogP contribution in [0, 0.1) is 0 Å². The fourth-order valence-corrected chi connectivity index (χ4v) is 7.81. The summed E-state index contributed by atoms with van der Waals surface area (Å²) in [5, 5.41) is 5.01. The van der Waals surface area contributed by atoms with Crippen LogP contribution in [0.15, 0.2) is 194 Å². The molecule has 0 amide bonds. The molecule has 0 aliphatic carbocycles. The Kier molecular flexibility index (Phi) is 6.53. The van der Waals surface area contributed by atoms with Crippen LogP contribution in [-0.4, -0.2) is 9.13 Å². The smallest absolute Gasteiger partial charge is 0.0542 e. The Labute approximate surface area is 290 Å². The van der Waals surface area contributed by atoms with Crippen molar-refractivity contribution >= 4 is 43.6 Å². The highest BCUT2D eigenvalue weighted by molar-refractivity contribution is 6.12. The van der Waals surface area contributed by atoms with Gasteiger partial charge in [-0.25, -0.2) is 0 Å². The summed E-state index contributed by atoms with van der Waals surface area (Å²) in [6.45, 7) is 0. The summed E-state index contributed by atoms with van der Waals surface area (Å²) in [6.07, 6.45) is 0. The lowest BCUT2D eigenvalue weighted by molar-refractivity contribution is 1.17. The molecule has 8 aromatic carbocycles. The zero-order valence-electron chi connectivity index (χ0n) is 27.4. The van der Waals surface area contributed by atoms with E-state index in [2.05, 4.69) is 203 Å². The van der Waals surface area contributed by atoms with Gasteiger partial charge in [-0.15, -0.1) is 0 Å². The van der Waals surface area contributed by atoms with Crippen LogP contribution in [0.5, 0.6) is 0 Å². The molecular formula is C48H32N2. The molecule has 0 fully saturated rings. The molecule has 0 N–H and O–H groups in total. The molecule has 50 heavy (non-hydrogen) atoms. The molecule has 0 saturated carbocycles. The van der Waals surface area contributed by atoms with Crippen LogP contribution in [0.25, 0.3) is 88.4 Å². The minimum Gasteiger partial charge on any atom is -0.309 e. The number of para-hydroxylation sites is 3. The third-order valence-corrected chi connectivity index (χ3v) is 10.1. The second-order valence-electron chi connectivity index (χ2n) is 13.0. The molecule has 0 atom stereocenters. The van der Waals surface area contributed by atoms with Gasteiger partial charge in [0, 0.05) is 32.8 Å². The number of nitrogens with zero attached hydrogens (tertiary/aromatic N) is 2. The average molecular weight is 637 g/mol. The van der Waals surface area contributed by atoms with Gasteiger partial charge in [0.15, 0.2) is 0 Å². The Morgan fingerprint density at radius 2 is 0.700 bits per heavy atom. The van der Waals surface area contributed by atoms with Crippen LogP contribution in [0.4, 0.5) is 0 Å². The zero-order valence-corrected chi connectivity index (χ0v) is 27.4. The van der Waals surface area contributed by atoms with Gasteiger partial charge in [-0.1, -0.05) is 146 Å². The van der Waals surface area contributed by atoms with Gasteiger partial charge in [0.25, 0.3) is 0 Å². The lowest BCUT2D eigenvalue weighted by Gasteiger charge is -2.17. The number of aromatic nitrogens is 2. The summed E-state index contributed by atoms with van der Waals surface area (Å²) < 4.78 is 4.86. The van der Waals surface area contributed by atoms with Crippen molar-refractivity contribution < 1.29 is 0 Å². The van der Waals surface area contributed by atoms with E-state index < -0.39 is 0 Å². The molecule has 10 rings (SSSR count). The van der Waals surface area contributed by atoms with Gasteiger partial charge in [0.05, 0.1) is 27.8 Å². The van der Waals surface area contributed by atoms with Crippen molar-refractivity contribution in [3.05, 3.63) is 194 Å². The lowest BCUT2D eigenvalue weighted by atomic mass is 9.95. The first-order chi connectivity index (χ1) is 24.8. The molecule has 10 aromatic rings. The predicted octanol–water partition coefficient (Wildman–Crippen LogP) is 12.9. The number of hydrogen-bond donors (Lipinski definition) is 0. The van der Waals surface area contributed by atoms with Crippen LogP contribution < -0.4 is 0 Å². The van der Waals surface area contributed by atoms with E-state index in [1.54, 1.807) is 0 Å². The summed E-state index contributed by atoms with van der Waals surface area (Å²) in [6, 6.07) is 70.4. The molecule has 0 spiro atoms. The summed E-state index contributed by atoms with van der Waals surface area (Å²) >= 11 is 0. The Hall–Kier alpha value is -6.64. The number of rotatable bonds is 5. The first kappa shape index (κ1) is 28.4. The van der Waals surface area contributed by atoms with E-state index in [-0.39, 0.29) is 0 Å². The molecule has 0 saturated heterocycles. The highest BCUT2D eigenvalue weighted by Crippen LogP contribution is 2.40. The maximum atomic E-state index is 2.45. The molecule has 0 unspecified atom stereocenters. The van der Waals surface area contributed by atoms with Crippen LogP contribution in [0.1, 0.15) is 0 Å². The Morgan fingerprint density at radius 3 is 1.32 bits per heavy atom. The fraction of sp³-hybridized carbons (Fsp3) is 0. The molecule has 0 aliphatic rings. The van der Waals surface area contributed by atoms with Gasteiger partial charge in [0.1, 0.15) is 0 Å². The van der Waals surface area contributed by atoms with Crippen LogP contribution >= 0.6 is 0 Å². The Balaban J connectivity index is 1.21. The van der Waals surface area contributed by atoms with Crippen molar-refractivity contribution in [1.29, 1.82) is 0 Å². The first-order valence-electron chi connectivity index (χ1n) is 17.2. The first-order valence-corrected chi connectivity index (χ1v) is 17.2. The topological polar surface area (TPSA) is 9.86 Å². The molecule has 234 valence electrons. The van der Waals surface area contributed by atoms with Crippen molar-refractivity contribution in [2.24, 2.45) is 0 Å². The predicted molar refractivity (Wildman–Crippen MR) is 211 cm³/mol. The van der Waals surface area contributed by atoms with Crippen molar-refractivity contribution in [1.82, 2.24) is 9.13 Å². The highest BCUT2D eigenvalue weighted by Gasteiger charge is 2.19. The second-order valence-corrected chi connectivity index (χ2v) is 13.0. The Morgan fingerprint density at radius 1 is 0.260 bits per heavy atom. The SMILES string of the molecule is c1ccc(-c2ccc(-c3cc(-c4ccccc4)ccc3-n3c4ccccc4c4cc(-n5c6ccccc6c6ccccc65)ccc43)cc2)cc1. The third-order valence-electron chi connectivity index (χ3n) is 10.1. The van der Waals surface area contributed by atoms with Crippen LogP contribution in [0.2, 0.25) is 0 Å². The van der Waals surface area contributed by atoms with Gasteiger partial charge in [-0.2, -0.15) is 0 Å². The summed E-state index contributed by atoms with van der Waals surface area (Å²) in [7, 11) is 0. The summed E-state index contributed by atoms with van der Waals surface area (Å²) in [5.74, 6) is 0. The molecule has 2 heterocycles. The normalized spacial score (nSPS) is 11.6. The monoisotopic (exact) mass is 636 g/mol. The largest absolute Gasteiger partial charge is 0.309 e. The molecule has 0 radical (unpaired) electrons. The van der Waals surface area contributed by atoms with E-state index >= 15 is 0 Å². The molecule has 0 aliphatic heterocycles. The van der Waals surface area contributed by atoms with Gasteiger partial charge < -0.3 is 9.13 Å². The third kappa shape index (κ3) is 4.50. The number of benzene rings is 8. The van der Waals surface area contributed by atoms with Gasteiger partial charge >= 0.3 is 0 Å². The van der Waals surface area contributed by atoms with E-state index in [4.69, 9.17) is 0 Å². The minimum atomic E-state index is 1.16. The minimum absolute atomic E-state index is 1.16. The van der Waals surface area contributed by atoms with Crippen molar-refractivity contribution in [3.63, 3.8) is 0 Å². The molecular weight excluding hydrogens is 605 g/mol. The van der Waals surface area contributed by atoms with E-state index in [9.17, 15) is 0 Å². The van der Waals surface area contributed by atoms with Gasteiger partial charge in [-0.3, -0.25) is 0 Å². The quantitative estimate of drug-likeness (QED) is 0.178. The summed E-state index contributed by atoms with van der Waals surface area (Å²) in [4.78, 5) is 0. The van der Waals surface area contributed by atoms with Crippen molar-refractivity contribution in [3.8, 4) is 44.8 Å². The second kappa shape index (κ2) is 11.5. The zero-order chi connectivity index (χ0) is 33.0. The average Bonchev–Trinajstić information content (AvgIpc) is 3.71. The summed E-state index contributed by atoms with van der Waals surface area (Å²) in [5.41, 5.74) is 14.4. The molecule has 2 heteroatoms. The van der Waals surface area contributed by atoms with E-state index in [0.29, 0.717) is 0 Å². The highest BCUT2D eigenvalue weighted by atomic mass is 15.0. The fourth-order valence-electron chi connectivity index (χ4n) is 7.81. The number of fused-ring (bicyclic) bond motifs is 6. The maximum absolute atomic E-state index is 2.45. The maximum Gasteiger partial charge on any atom is 0.0542 e. The standard InChI is InChI=1S/C48H32N2/c1-3-13-33(14-4-1)35-23-25-36(26-24-35)42-31-37(34-15-5-2-6-16-34)27-29-47(42)50-46-22-12-9-19-41(46)43-32-38(28-30-48(43)50)49-44-20-10-7-17-39(44)40-18-8-11-21-45(40)49/h1-32H. The Bertz CT molecular complexity index is 2790. The number of hydrogen-bond acceptors (Lipinski definition) is 0. The van der Waals surface area contributed by atoms with Crippen molar-refractivity contribution in [2.45, 2.75) is 0 Å². The van der Waals surface area contributed by atoms with Crippen LogP contribution in [0.3, 0.4) is 0 Å². The molecule has 2 nitrogen and oxygen atoms in total. The molecule has 2 aromatic heterocycles. The molecule has 0 bridgehead atoms. The van der Waals surface area contributed by atoms with Gasteiger partial charge in [0.2, 0.25) is 0 Å². The van der Waals surface area contributed by atoms with Gasteiger partial charge in [-0.05, 0) is 76.3 Å². The van der Waals surface area contributed by atoms with Crippen LogP contribution in [-0.2, 0) is 0 Å². The van der Waals surface area contributed by atoms with E-state index in [1.165, 1.54) is 77.0 Å². The lowest BCUT2D eigenvalue weighted by Crippen LogP contribution is -1.98. The van der Waals surface area contributed by atoms with E-state index in [0.717, 1.165) is 11.4 Å². The van der Waals surface area contributed by atoms with Crippen molar-refractivity contribution in [2.75, 3.05) is 0 Å². The van der Waals surface area contributed by atoms with E-state index in [1.807, 2.05) is 0 Å².